The number of halogens is 1. The molecule has 5 heteroatoms. The van der Waals surface area contributed by atoms with Gasteiger partial charge in [-0.25, -0.2) is 4.98 Å². The molecule has 1 aliphatic rings. The summed E-state index contributed by atoms with van der Waals surface area (Å²) < 4.78 is 5.98. The Morgan fingerprint density at radius 1 is 1.37 bits per heavy atom. The summed E-state index contributed by atoms with van der Waals surface area (Å²) in [7, 11) is 0. The maximum Gasteiger partial charge on any atom is 0.216 e. The van der Waals surface area contributed by atoms with Crippen molar-refractivity contribution in [2.75, 3.05) is 6.61 Å². The summed E-state index contributed by atoms with van der Waals surface area (Å²) in [6.07, 6.45) is 8.65. The van der Waals surface area contributed by atoms with E-state index in [1.165, 1.54) is 19.3 Å². The molecule has 0 spiro atoms. The first kappa shape index (κ1) is 16.2. The summed E-state index contributed by atoms with van der Waals surface area (Å²) in [5.74, 6) is 0.688. The zero-order valence-corrected chi connectivity index (χ0v) is 11.9. The van der Waals surface area contributed by atoms with Crippen LogP contribution in [0.15, 0.2) is 18.3 Å². The average molecular weight is 287 g/mol. The summed E-state index contributed by atoms with van der Waals surface area (Å²) in [6, 6.07) is 3.61. The smallest absolute Gasteiger partial charge is 0.216 e. The molecule has 1 atom stereocenters. The molecule has 2 rings (SSSR count). The lowest BCUT2D eigenvalue weighted by Crippen LogP contribution is -2.28. The Morgan fingerprint density at radius 2 is 2.11 bits per heavy atom. The van der Waals surface area contributed by atoms with Crippen LogP contribution in [0.4, 0.5) is 0 Å². The molecule has 1 fully saturated rings. The number of aliphatic hydroxyl groups excluding tert-OH is 1. The van der Waals surface area contributed by atoms with Gasteiger partial charge in [0.05, 0.1) is 6.61 Å². The fourth-order valence-corrected chi connectivity index (χ4v) is 2.37. The molecule has 3 N–H and O–H groups in total. The zero-order valence-electron chi connectivity index (χ0n) is 11.1. The van der Waals surface area contributed by atoms with Crippen LogP contribution in [-0.2, 0) is 6.42 Å². The van der Waals surface area contributed by atoms with E-state index in [-0.39, 0.29) is 31.2 Å². The van der Waals surface area contributed by atoms with E-state index in [0.29, 0.717) is 12.3 Å². The first-order valence-electron chi connectivity index (χ1n) is 6.76. The molecular formula is C14H23ClN2O2. The summed E-state index contributed by atoms with van der Waals surface area (Å²) in [4.78, 5) is 4.30. The van der Waals surface area contributed by atoms with E-state index in [2.05, 4.69) is 4.98 Å². The minimum Gasteiger partial charge on any atom is -0.474 e. The van der Waals surface area contributed by atoms with E-state index in [1.54, 1.807) is 6.20 Å². The molecule has 0 amide bonds. The number of rotatable bonds is 5. The molecule has 0 aliphatic heterocycles. The highest BCUT2D eigenvalue weighted by Gasteiger charge is 2.17. The van der Waals surface area contributed by atoms with Gasteiger partial charge in [0.2, 0.25) is 5.88 Å². The first-order valence-corrected chi connectivity index (χ1v) is 6.76. The third-order valence-corrected chi connectivity index (χ3v) is 3.40. The second-order valence-corrected chi connectivity index (χ2v) is 4.99. The van der Waals surface area contributed by atoms with Crippen LogP contribution in [0.2, 0.25) is 0 Å². The van der Waals surface area contributed by atoms with Gasteiger partial charge in [-0.15, -0.1) is 12.4 Å². The van der Waals surface area contributed by atoms with Gasteiger partial charge in [-0.3, -0.25) is 0 Å². The molecule has 1 unspecified atom stereocenters. The van der Waals surface area contributed by atoms with E-state index < -0.39 is 0 Å². The SMILES string of the molecule is Cl.NC(CO)Cc1cccnc1OC1CCCCC1. The van der Waals surface area contributed by atoms with Gasteiger partial charge in [-0.05, 0) is 38.2 Å². The predicted octanol–water partition coefficient (Wildman–Crippen LogP) is 2.08. The van der Waals surface area contributed by atoms with Crippen molar-refractivity contribution in [2.24, 2.45) is 5.73 Å². The quantitative estimate of drug-likeness (QED) is 0.869. The van der Waals surface area contributed by atoms with E-state index in [1.807, 2.05) is 12.1 Å². The van der Waals surface area contributed by atoms with Gasteiger partial charge in [0.25, 0.3) is 0 Å². The van der Waals surface area contributed by atoms with Gasteiger partial charge in [-0.2, -0.15) is 0 Å². The van der Waals surface area contributed by atoms with Gasteiger partial charge in [0, 0.05) is 17.8 Å². The molecule has 1 aromatic heterocycles. The largest absolute Gasteiger partial charge is 0.474 e. The van der Waals surface area contributed by atoms with Crippen molar-refractivity contribution >= 4 is 12.4 Å². The Labute approximate surface area is 120 Å². The highest BCUT2D eigenvalue weighted by atomic mass is 35.5. The number of hydrogen-bond donors (Lipinski definition) is 2. The molecular weight excluding hydrogens is 264 g/mol. The molecule has 1 heterocycles. The molecule has 0 radical (unpaired) electrons. The third-order valence-electron chi connectivity index (χ3n) is 3.40. The van der Waals surface area contributed by atoms with Gasteiger partial charge in [0.15, 0.2) is 0 Å². The van der Waals surface area contributed by atoms with Crippen molar-refractivity contribution in [3.63, 3.8) is 0 Å². The Morgan fingerprint density at radius 3 is 2.79 bits per heavy atom. The lowest BCUT2D eigenvalue weighted by atomic mass is 9.98. The fraction of sp³-hybridized carbons (Fsp3) is 0.643. The standard InChI is InChI=1S/C14H22N2O2.ClH/c15-12(10-17)9-11-5-4-8-16-14(11)18-13-6-2-1-3-7-13;/h4-5,8,12-13,17H,1-3,6-7,9-10,15H2;1H. The van der Waals surface area contributed by atoms with Gasteiger partial charge in [-0.1, -0.05) is 12.5 Å². The van der Waals surface area contributed by atoms with Crippen LogP contribution in [-0.4, -0.2) is 28.8 Å². The molecule has 1 aromatic rings. The van der Waals surface area contributed by atoms with Crippen LogP contribution in [0.1, 0.15) is 37.7 Å². The van der Waals surface area contributed by atoms with Gasteiger partial charge >= 0.3 is 0 Å². The summed E-state index contributed by atoms with van der Waals surface area (Å²) in [5, 5.41) is 9.02. The van der Waals surface area contributed by atoms with Gasteiger partial charge < -0.3 is 15.6 Å². The molecule has 1 aliphatic carbocycles. The second kappa shape index (κ2) is 8.35. The first-order chi connectivity index (χ1) is 8.79. The zero-order chi connectivity index (χ0) is 12.8. The number of aromatic nitrogens is 1. The van der Waals surface area contributed by atoms with Gasteiger partial charge in [0.1, 0.15) is 6.10 Å². The number of ether oxygens (including phenoxy) is 1. The van der Waals surface area contributed by atoms with Crippen LogP contribution < -0.4 is 10.5 Å². The molecule has 1 saturated carbocycles. The number of nitrogens with zero attached hydrogens (tertiary/aromatic N) is 1. The molecule has 0 saturated heterocycles. The van der Waals surface area contributed by atoms with Crippen LogP contribution >= 0.6 is 12.4 Å². The van der Waals surface area contributed by atoms with Crippen molar-refractivity contribution in [1.29, 1.82) is 0 Å². The predicted molar refractivity (Wildman–Crippen MR) is 77.8 cm³/mol. The monoisotopic (exact) mass is 286 g/mol. The van der Waals surface area contributed by atoms with Crippen LogP contribution in [0.5, 0.6) is 5.88 Å². The topological polar surface area (TPSA) is 68.4 Å². The highest BCUT2D eigenvalue weighted by molar-refractivity contribution is 5.85. The van der Waals surface area contributed by atoms with Crippen molar-refractivity contribution in [2.45, 2.75) is 50.7 Å². The minimum atomic E-state index is -0.247. The van der Waals surface area contributed by atoms with Crippen LogP contribution in [0.25, 0.3) is 0 Å². The maximum atomic E-state index is 9.02. The second-order valence-electron chi connectivity index (χ2n) is 4.99. The summed E-state index contributed by atoms with van der Waals surface area (Å²) >= 11 is 0. The lowest BCUT2D eigenvalue weighted by molar-refractivity contribution is 0.146. The molecule has 0 aromatic carbocycles. The Hall–Kier alpha value is -0.840. The number of hydrogen-bond acceptors (Lipinski definition) is 4. The summed E-state index contributed by atoms with van der Waals surface area (Å²) in [5.41, 5.74) is 6.76. The lowest BCUT2D eigenvalue weighted by Gasteiger charge is -2.23. The minimum absolute atomic E-state index is 0. The van der Waals surface area contributed by atoms with Crippen LogP contribution in [0.3, 0.4) is 0 Å². The summed E-state index contributed by atoms with van der Waals surface area (Å²) in [6.45, 7) is -0.0161. The van der Waals surface area contributed by atoms with E-state index in [4.69, 9.17) is 15.6 Å². The molecule has 108 valence electrons. The number of pyridine rings is 1. The van der Waals surface area contributed by atoms with Crippen molar-refractivity contribution in [1.82, 2.24) is 4.98 Å². The van der Waals surface area contributed by atoms with E-state index >= 15 is 0 Å². The van der Waals surface area contributed by atoms with Crippen LogP contribution in [0, 0.1) is 0 Å². The number of nitrogens with two attached hydrogens (primary N) is 1. The Kier molecular flexibility index (Phi) is 7.13. The van der Waals surface area contributed by atoms with E-state index in [9.17, 15) is 0 Å². The Bertz CT molecular complexity index is 370. The Balaban J connectivity index is 0.00000180. The number of aliphatic hydroxyl groups is 1. The molecule has 19 heavy (non-hydrogen) atoms. The van der Waals surface area contributed by atoms with E-state index in [0.717, 1.165) is 18.4 Å². The normalized spacial score (nSPS) is 17.6. The fourth-order valence-electron chi connectivity index (χ4n) is 2.37. The average Bonchev–Trinajstić information content (AvgIpc) is 2.42. The van der Waals surface area contributed by atoms with Crippen molar-refractivity contribution in [3.05, 3.63) is 23.9 Å². The molecule has 4 nitrogen and oxygen atoms in total. The van der Waals surface area contributed by atoms with Crippen molar-refractivity contribution in [3.8, 4) is 5.88 Å². The highest BCUT2D eigenvalue weighted by Crippen LogP contribution is 2.24. The molecule has 0 bridgehead atoms. The maximum absolute atomic E-state index is 9.02. The van der Waals surface area contributed by atoms with Crippen molar-refractivity contribution < 1.29 is 9.84 Å². The third kappa shape index (κ3) is 4.97.